The average molecular weight is 303 g/mol. The monoisotopic (exact) mass is 302 g/mol. The van der Waals surface area contributed by atoms with Crippen LogP contribution in [0.25, 0.3) is 11.2 Å². The van der Waals surface area contributed by atoms with Gasteiger partial charge in [0.05, 0.1) is 19.5 Å². The second-order valence-electron chi connectivity index (χ2n) is 4.79. The minimum Gasteiger partial charge on any atom is -0.479 e. The maximum absolute atomic E-state index is 6.02. The van der Waals surface area contributed by atoms with Crippen molar-refractivity contribution in [2.75, 3.05) is 7.11 Å². The second kappa shape index (κ2) is 5.69. The number of methoxy groups -OCH3 is 1. The molecule has 2 aromatic heterocycles. The van der Waals surface area contributed by atoms with E-state index in [2.05, 4.69) is 46.1 Å². The van der Waals surface area contributed by atoms with E-state index >= 15 is 0 Å². The summed E-state index contributed by atoms with van der Waals surface area (Å²) < 4.78 is 7.23. The van der Waals surface area contributed by atoms with Gasteiger partial charge in [-0.2, -0.15) is 4.98 Å². The van der Waals surface area contributed by atoms with Gasteiger partial charge in [0.2, 0.25) is 5.88 Å². The van der Waals surface area contributed by atoms with E-state index in [1.807, 2.05) is 4.57 Å². The van der Waals surface area contributed by atoms with Gasteiger partial charge in [-0.1, -0.05) is 29.8 Å². The first-order valence-corrected chi connectivity index (χ1v) is 7.12. The highest BCUT2D eigenvalue weighted by atomic mass is 35.5. The zero-order valence-electron chi connectivity index (χ0n) is 11.9. The molecule has 0 saturated carbocycles. The van der Waals surface area contributed by atoms with Gasteiger partial charge in [0.1, 0.15) is 12.2 Å². The van der Waals surface area contributed by atoms with Crippen LogP contribution in [0.15, 0.2) is 30.6 Å². The topological polar surface area (TPSA) is 52.8 Å². The van der Waals surface area contributed by atoms with Crippen molar-refractivity contribution in [2.45, 2.75) is 19.3 Å². The van der Waals surface area contributed by atoms with Gasteiger partial charge in [-0.3, -0.25) is 0 Å². The number of aromatic nitrogens is 4. The second-order valence-corrected chi connectivity index (χ2v) is 5.06. The Morgan fingerprint density at radius 2 is 1.95 bits per heavy atom. The van der Waals surface area contributed by atoms with Crippen molar-refractivity contribution in [2.24, 2.45) is 0 Å². The lowest BCUT2D eigenvalue weighted by molar-refractivity contribution is 0.401. The van der Waals surface area contributed by atoms with E-state index in [0.717, 1.165) is 11.5 Å². The lowest BCUT2D eigenvalue weighted by Gasteiger charge is -2.07. The summed E-state index contributed by atoms with van der Waals surface area (Å²) in [6, 6.07) is 8.37. The van der Waals surface area contributed by atoms with E-state index in [1.54, 1.807) is 7.11 Å². The first-order valence-electron chi connectivity index (χ1n) is 6.58. The summed E-state index contributed by atoms with van der Waals surface area (Å²) in [4.78, 5) is 12.9. The van der Waals surface area contributed by atoms with Crippen LogP contribution in [0.1, 0.15) is 17.0 Å². The number of nitrogens with zero attached hydrogens (tertiary/aromatic N) is 4. The van der Waals surface area contributed by atoms with E-state index in [9.17, 15) is 0 Å². The molecule has 0 aliphatic heterocycles. The summed E-state index contributed by atoms with van der Waals surface area (Å²) in [5.74, 6) is 1.53. The quantitative estimate of drug-likeness (QED) is 0.695. The molecule has 6 heteroatoms. The molecular formula is C15H15ClN4O. The first-order chi connectivity index (χ1) is 10.2. The number of benzene rings is 1. The molecule has 0 atom stereocenters. The molecule has 0 unspecified atom stereocenters. The zero-order valence-corrected chi connectivity index (χ0v) is 12.6. The van der Waals surface area contributed by atoms with Crippen LogP contribution in [0.2, 0.25) is 0 Å². The third-order valence-corrected chi connectivity index (χ3v) is 3.59. The smallest absolute Gasteiger partial charge is 0.245 e. The Morgan fingerprint density at radius 3 is 2.62 bits per heavy atom. The van der Waals surface area contributed by atoms with Gasteiger partial charge in [0.25, 0.3) is 0 Å². The number of fused-ring (bicyclic) bond motifs is 1. The van der Waals surface area contributed by atoms with Crippen LogP contribution in [0.3, 0.4) is 0 Å². The Balaban J connectivity index is 2.10. The fourth-order valence-corrected chi connectivity index (χ4v) is 2.46. The van der Waals surface area contributed by atoms with E-state index in [0.29, 0.717) is 23.8 Å². The van der Waals surface area contributed by atoms with Crippen LogP contribution in [-0.2, 0) is 12.4 Å². The van der Waals surface area contributed by atoms with Gasteiger partial charge >= 0.3 is 0 Å². The summed E-state index contributed by atoms with van der Waals surface area (Å²) in [5.41, 5.74) is 3.78. The predicted molar refractivity (Wildman–Crippen MR) is 81.7 cm³/mol. The van der Waals surface area contributed by atoms with Crippen LogP contribution < -0.4 is 4.74 Å². The molecule has 0 spiro atoms. The molecular weight excluding hydrogens is 288 g/mol. The van der Waals surface area contributed by atoms with E-state index in [4.69, 9.17) is 16.3 Å². The van der Waals surface area contributed by atoms with Crippen molar-refractivity contribution in [3.05, 3.63) is 47.5 Å². The van der Waals surface area contributed by atoms with Gasteiger partial charge in [0, 0.05) is 0 Å². The summed E-state index contributed by atoms with van der Waals surface area (Å²) in [5, 5.41) is 0. The molecule has 2 heterocycles. The van der Waals surface area contributed by atoms with E-state index < -0.39 is 0 Å². The normalized spacial score (nSPS) is 11.0. The molecule has 3 rings (SSSR count). The number of ether oxygens (including phenoxy) is 1. The van der Waals surface area contributed by atoms with Crippen molar-refractivity contribution in [3.8, 4) is 5.88 Å². The van der Waals surface area contributed by atoms with Crippen molar-refractivity contribution in [1.82, 2.24) is 19.5 Å². The number of imidazole rings is 1. The lowest BCUT2D eigenvalue weighted by Crippen LogP contribution is -2.05. The third kappa shape index (κ3) is 2.56. The largest absolute Gasteiger partial charge is 0.479 e. The highest BCUT2D eigenvalue weighted by Gasteiger charge is 2.15. The van der Waals surface area contributed by atoms with Gasteiger partial charge in [-0.25, -0.2) is 9.97 Å². The van der Waals surface area contributed by atoms with Crippen molar-refractivity contribution >= 4 is 22.8 Å². The molecule has 0 saturated heterocycles. The van der Waals surface area contributed by atoms with Crippen molar-refractivity contribution < 1.29 is 4.74 Å². The van der Waals surface area contributed by atoms with Crippen LogP contribution in [-0.4, -0.2) is 26.6 Å². The van der Waals surface area contributed by atoms with Gasteiger partial charge in [-0.15, -0.1) is 11.6 Å². The van der Waals surface area contributed by atoms with E-state index in [-0.39, 0.29) is 0 Å². The molecule has 0 N–H and O–H groups in total. The van der Waals surface area contributed by atoms with Gasteiger partial charge in [-0.05, 0) is 12.5 Å². The number of aryl methyl sites for hydroxylation is 1. The minimum atomic E-state index is 0.311. The number of halogens is 1. The molecule has 0 fully saturated rings. The Kier molecular flexibility index (Phi) is 3.75. The molecule has 5 nitrogen and oxygen atoms in total. The molecule has 0 bridgehead atoms. The molecule has 0 aliphatic rings. The van der Waals surface area contributed by atoms with Crippen LogP contribution in [0, 0.1) is 6.92 Å². The average Bonchev–Trinajstić information content (AvgIpc) is 2.87. The predicted octanol–water partition coefficient (Wildman–Crippen LogP) is 2.93. The molecule has 0 radical (unpaired) electrons. The molecule has 1 aromatic carbocycles. The van der Waals surface area contributed by atoms with Crippen LogP contribution >= 0.6 is 11.6 Å². The number of hydrogen-bond donors (Lipinski definition) is 0. The summed E-state index contributed by atoms with van der Waals surface area (Å²) in [6.07, 6.45) is 1.48. The maximum Gasteiger partial charge on any atom is 0.245 e. The highest BCUT2D eigenvalue weighted by Crippen LogP contribution is 2.23. The summed E-state index contributed by atoms with van der Waals surface area (Å²) in [7, 11) is 1.57. The van der Waals surface area contributed by atoms with Crippen LogP contribution in [0.4, 0.5) is 0 Å². The van der Waals surface area contributed by atoms with Crippen molar-refractivity contribution in [1.29, 1.82) is 0 Å². The van der Waals surface area contributed by atoms with Crippen molar-refractivity contribution in [3.63, 3.8) is 0 Å². The fraction of sp³-hybridized carbons (Fsp3) is 0.267. The lowest BCUT2D eigenvalue weighted by atomic mass is 10.1. The first kappa shape index (κ1) is 13.8. The summed E-state index contributed by atoms with van der Waals surface area (Å²) >= 11 is 6.02. The zero-order chi connectivity index (χ0) is 14.8. The minimum absolute atomic E-state index is 0.311. The number of rotatable bonds is 4. The molecule has 21 heavy (non-hydrogen) atoms. The molecule has 108 valence electrons. The number of alkyl halides is 1. The van der Waals surface area contributed by atoms with Crippen LogP contribution in [0.5, 0.6) is 5.88 Å². The van der Waals surface area contributed by atoms with Gasteiger partial charge < -0.3 is 9.30 Å². The molecule has 0 amide bonds. The highest BCUT2D eigenvalue weighted by molar-refractivity contribution is 6.16. The van der Waals surface area contributed by atoms with E-state index in [1.165, 1.54) is 17.5 Å². The summed E-state index contributed by atoms with van der Waals surface area (Å²) in [6.45, 7) is 2.73. The maximum atomic E-state index is 6.02. The fourth-order valence-electron chi connectivity index (χ4n) is 2.25. The molecule has 0 aliphatic carbocycles. The molecule has 3 aromatic rings. The Hall–Kier alpha value is -2.14. The standard InChI is InChI=1S/C15H15ClN4O/c1-10-3-5-11(6-4-10)8-20-12(7-16)19-13-14(20)17-9-18-15(13)21-2/h3-6,9H,7-8H2,1-2H3. The number of hydrogen-bond acceptors (Lipinski definition) is 4. The Bertz CT molecular complexity index is 767. The SMILES string of the molecule is COc1ncnc2c1nc(CCl)n2Cc1ccc(C)cc1. The Morgan fingerprint density at radius 1 is 1.19 bits per heavy atom. The van der Waals surface area contributed by atoms with Gasteiger partial charge in [0.15, 0.2) is 11.2 Å². The Labute approximate surface area is 127 Å². The third-order valence-electron chi connectivity index (χ3n) is 3.35.